The Bertz CT molecular complexity index is 683. The van der Waals surface area contributed by atoms with Crippen LogP contribution < -0.4 is 18.9 Å². The summed E-state index contributed by atoms with van der Waals surface area (Å²) < 4.78 is 21.0. The largest absolute Gasteiger partial charge is 0.493 e. The van der Waals surface area contributed by atoms with E-state index in [4.69, 9.17) is 18.9 Å². The van der Waals surface area contributed by atoms with Gasteiger partial charge in [0.15, 0.2) is 23.0 Å². The maximum absolute atomic E-state index is 5.29. The minimum Gasteiger partial charge on any atom is -0.493 e. The lowest BCUT2D eigenvalue weighted by atomic mass is 10.2. The van der Waals surface area contributed by atoms with Crippen LogP contribution >= 0.6 is 0 Å². The standard InChI is InChI=1S/C18H21NO4/c1-20-15-7-5-13(9-17(15)22-3)11-19-12-14-6-8-16(21-2)18(10-14)23-4/h5-11H,12H2,1-4H3. The molecule has 0 fully saturated rings. The van der Waals surface area contributed by atoms with E-state index in [1.807, 2.05) is 36.4 Å². The molecule has 5 nitrogen and oxygen atoms in total. The van der Waals surface area contributed by atoms with Gasteiger partial charge >= 0.3 is 0 Å². The predicted molar refractivity (Wildman–Crippen MR) is 90.4 cm³/mol. The van der Waals surface area contributed by atoms with E-state index in [2.05, 4.69) is 4.99 Å². The number of hydrogen-bond acceptors (Lipinski definition) is 5. The average Bonchev–Trinajstić information content (AvgIpc) is 2.61. The third kappa shape index (κ3) is 4.16. The van der Waals surface area contributed by atoms with Gasteiger partial charge in [-0.3, -0.25) is 4.99 Å². The van der Waals surface area contributed by atoms with Crippen LogP contribution in [0.5, 0.6) is 23.0 Å². The molecule has 5 heteroatoms. The van der Waals surface area contributed by atoms with Gasteiger partial charge in [-0.2, -0.15) is 0 Å². The lowest BCUT2D eigenvalue weighted by Crippen LogP contribution is -1.93. The van der Waals surface area contributed by atoms with Gasteiger partial charge in [0.05, 0.1) is 35.0 Å². The molecule has 0 N–H and O–H groups in total. The monoisotopic (exact) mass is 315 g/mol. The zero-order valence-corrected chi connectivity index (χ0v) is 13.8. The minimum absolute atomic E-state index is 0.550. The van der Waals surface area contributed by atoms with Crippen molar-refractivity contribution in [1.82, 2.24) is 0 Å². The second-order valence-corrected chi connectivity index (χ2v) is 4.77. The van der Waals surface area contributed by atoms with Crippen LogP contribution in [0.15, 0.2) is 41.4 Å². The van der Waals surface area contributed by atoms with Crippen LogP contribution in [0.3, 0.4) is 0 Å². The number of ether oxygens (including phenoxy) is 4. The van der Waals surface area contributed by atoms with Gasteiger partial charge in [0.25, 0.3) is 0 Å². The van der Waals surface area contributed by atoms with Crippen molar-refractivity contribution in [2.75, 3.05) is 28.4 Å². The molecule has 2 aromatic rings. The highest BCUT2D eigenvalue weighted by Crippen LogP contribution is 2.28. The van der Waals surface area contributed by atoms with Gasteiger partial charge in [-0.15, -0.1) is 0 Å². The topological polar surface area (TPSA) is 49.3 Å². The fourth-order valence-corrected chi connectivity index (χ4v) is 2.17. The molecule has 0 heterocycles. The van der Waals surface area contributed by atoms with Crippen molar-refractivity contribution < 1.29 is 18.9 Å². The first-order valence-corrected chi connectivity index (χ1v) is 7.14. The summed E-state index contributed by atoms with van der Waals surface area (Å²) in [6.07, 6.45) is 1.80. The SMILES string of the molecule is COc1ccc(C=NCc2ccc(OC)c(OC)c2)cc1OC. The van der Waals surface area contributed by atoms with Gasteiger partial charge in [0, 0.05) is 6.21 Å². The second-order valence-electron chi connectivity index (χ2n) is 4.77. The molecule has 0 amide bonds. The van der Waals surface area contributed by atoms with Crippen molar-refractivity contribution in [2.24, 2.45) is 4.99 Å². The predicted octanol–water partition coefficient (Wildman–Crippen LogP) is 3.34. The van der Waals surface area contributed by atoms with Gasteiger partial charge in [0.2, 0.25) is 0 Å². The van der Waals surface area contributed by atoms with Crippen LogP contribution in [0.4, 0.5) is 0 Å². The molecular weight excluding hydrogens is 294 g/mol. The van der Waals surface area contributed by atoms with Crippen molar-refractivity contribution in [3.63, 3.8) is 0 Å². The normalized spacial score (nSPS) is 10.6. The van der Waals surface area contributed by atoms with Crippen LogP contribution in [0.1, 0.15) is 11.1 Å². The summed E-state index contributed by atoms with van der Waals surface area (Å²) in [6.45, 7) is 0.550. The van der Waals surface area contributed by atoms with E-state index in [0.717, 1.165) is 11.1 Å². The molecule has 0 unspecified atom stereocenters. The zero-order valence-electron chi connectivity index (χ0n) is 13.8. The molecule has 122 valence electrons. The summed E-state index contributed by atoms with van der Waals surface area (Å²) in [4.78, 5) is 4.46. The molecule has 0 spiro atoms. The van der Waals surface area contributed by atoms with Crippen LogP contribution in [0.2, 0.25) is 0 Å². The van der Waals surface area contributed by atoms with Crippen LogP contribution in [0.25, 0.3) is 0 Å². The highest BCUT2D eigenvalue weighted by atomic mass is 16.5. The Balaban J connectivity index is 2.09. The van der Waals surface area contributed by atoms with Crippen molar-refractivity contribution in [2.45, 2.75) is 6.54 Å². The van der Waals surface area contributed by atoms with Gasteiger partial charge in [-0.05, 0) is 41.5 Å². The summed E-state index contributed by atoms with van der Waals surface area (Å²) in [7, 11) is 6.46. The Morgan fingerprint density at radius 2 is 1.30 bits per heavy atom. The van der Waals surface area contributed by atoms with Gasteiger partial charge in [0.1, 0.15) is 0 Å². The maximum Gasteiger partial charge on any atom is 0.161 e. The average molecular weight is 315 g/mol. The molecule has 0 aliphatic carbocycles. The van der Waals surface area contributed by atoms with Crippen molar-refractivity contribution in [3.05, 3.63) is 47.5 Å². The van der Waals surface area contributed by atoms with Crippen molar-refractivity contribution in [1.29, 1.82) is 0 Å². The van der Waals surface area contributed by atoms with E-state index in [1.165, 1.54) is 0 Å². The number of hydrogen-bond donors (Lipinski definition) is 0. The van der Waals surface area contributed by atoms with E-state index in [9.17, 15) is 0 Å². The third-order valence-electron chi connectivity index (χ3n) is 3.37. The molecule has 0 aromatic heterocycles. The smallest absolute Gasteiger partial charge is 0.161 e. The van der Waals surface area contributed by atoms with E-state index in [-0.39, 0.29) is 0 Å². The van der Waals surface area contributed by atoms with Crippen LogP contribution in [-0.2, 0) is 6.54 Å². The van der Waals surface area contributed by atoms with E-state index >= 15 is 0 Å². The van der Waals surface area contributed by atoms with E-state index in [0.29, 0.717) is 29.5 Å². The van der Waals surface area contributed by atoms with E-state index in [1.54, 1.807) is 34.7 Å². The molecule has 0 bridgehead atoms. The quantitative estimate of drug-likeness (QED) is 0.735. The first-order valence-electron chi connectivity index (χ1n) is 7.14. The molecule has 0 atom stereocenters. The third-order valence-corrected chi connectivity index (χ3v) is 3.37. The van der Waals surface area contributed by atoms with E-state index < -0.39 is 0 Å². The Labute approximate surface area is 136 Å². The van der Waals surface area contributed by atoms with Crippen LogP contribution in [-0.4, -0.2) is 34.7 Å². The Hall–Kier alpha value is -2.69. The number of benzene rings is 2. The number of rotatable bonds is 7. The fourth-order valence-electron chi connectivity index (χ4n) is 2.17. The summed E-state index contributed by atoms with van der Waals surface area (Å²) in [5.74, 6) is 2.79. The summed E-state index contributed by atoms with van der Waals surface area (Å²) >= 11 is 0. The van der Waals surface area contributed by atoms with Crippen molar-refractivity contribution >= 4 is 6.21 Å². The number of nitrogens with zero attached hydrogens (tertiary/aromatic N) is 1. The molecule has 2 aromatic carbocycles. The Morgan fingerprint density at radius 1 is 0.739 bits per heavy atom. The molecule has 0 radical (unpaired) electrons. The summed E-state index contributed by atoms with van der Waals surface area (Å²) in [5.41, 5.74) is 1.99. The lowest BCUT2D eigenvalue weighted by Gasteiger charge is -2.08. The molecule has 0 aliphatic rings. The molecule has 23 heavy (non-hydrogen) atoms. The first kappa shape index (κ1) is 16.7. The van der Waals surface area contributed by atoms with Crippen LogP contribution in [0, 0.1) is 0 Å². The van der Waals surface area contributed by atoms with Gasteiger partial charge < -0.3 is 18.9 Å². The van der Waals surface area contributed by atoms with Gasteiger partial charge in [-0.1, -0.05) is 6.07 Å². The first-order chi connectivity index (χ1) is 11.2. The minimum atomic E-state index is 0.550. The zero-order chi connectivity index (χ0) is 16.7. The Kier molecular flexibility index (Phi) is 5.86. The lowest BCUT2D eigenvalue weighted by molar-refractivity contribution is 0.354. The second kappa shape index (κ2) is 8.08. The molecule has 0 aliphatic heterocycles. The molecule has 0 saturated carbocycles. The number of aliphatic imine (C=N–C) groups is 1. The molecular formula is C18H21NO4. The summed E-state index contributed by atoms with van der Waals surface area (Å²) in [5, 5.41) is 0. The molecule has 0 saturated heterocycles. The summed E-state index contributed by atoms with van der Waals surface area (Å²) in [6, 6.07) is 11.4. The van der Waals surface area contributed by atoms with Gasteiger partial charge in [-0.25, -0.2) is 0 Å². The fraction of sp³-hybridized carbons (Fsp3) is 0.278. The highest BCUT2D eigenvalue weighted by molar-refractivity contribution is 5.80. The van der Waals surface area contributed by atoms with Crippen molar-refractivity contribution in [3.8, 4) is 23.0 Å². The molecule has 2 rings (SSSR count). The highest BCUT2D eigenvalue weighted by Gasteiger charge is 2.05. The Morgan fingerprint density at radius 3 is 1.91 bits per heavy atom. The number of methoxy groups -OCH3 is 4. The maximum atomic E-state index is 5.29.